The third kappa shape index (κ3) is 5.00. The van der Waals surface area contributed by atoms with E-state index in [2.05, 4.69) is 0 Å². The molecule has 1 aromatic heterocycles. The fraction of sp³-hybridized carbons (Fsp3) is 0.276. The van der Waals surface area contributed by atoms with Crippen LogP contribution in [0.25, 0.3) is 5.76 Å². The van der Waals surface area contributed by atoms with E-state index in [0.29, 0.717) is 29.2 Å². The van der Waals surface area contributed by atoms with Gasteiger partial charge in [-0.15, -0.1) is 0 Å². The standard InChI is InChI=1S/C29H29NO7/c1-5-36-21-13-12-19(15-20(21)29(2,3)4)25(31)23-24(22-7-6-14-37-22)30(27(33)26(23)32)16-17-8-10-18(11-9-17)28(34)35/h6-15,24,31H,5,16H2,1-4H3,(H,34,35)/b25-23-. The Morgan fingerprint density at radius 3 is 2.27 bits per heavy atom. The van der Waals surface area contributed by atoms with Crippen molar-refractivity contribution in [1.82, 2.24) is 4.90 Å². The Morgan fingerprint density at radius 2 is 1.70 bits per heavy atom. The lowest BCUT2D eigenvalue weighted by atomic mass is 9.84. The van der Waals surface area contributed by atoms with Crippen LogP contribution in [0, 0.1) is 0 Å². The number of likely N-dealkylation sites (tertiary alicyclic amines) is 1. The lowest BCUT2D eigenvalue weighted by molar-refractivity contribution is -0.140. The maximum absolute atomic E-state index is 13.3. The van der Waals surface area contributed by atoms with Crippen molar-refractivity contribution < 1.29 is 33.8 Å². The third-order valence-corrected chi connectivity index (χ3v) is 6.27. The monoisotopic (exact) mass is 503 g/mol. The summed E-state index contributed by atoms with van der Waals surface area (Å²) >= 11 is 0. The van der Waals surface area contributed by atoms with Gasteiger partial charge in [0.25, 0.3) is 11.7 Å². The molecule has 1 fully saturated rings. The van der Waals surface area contributed by atoms with Gasteiger partial charge in [0, 0.05) is 17.7 Å². The van der Waals surface area contributed by atoms with Crippen molar-refractivity contribution in [2.75, 3.05) is 6.61 Å². The first-order valence-electron chi connectivity index (χ1n) is 11.9. The average molecular weight is 504 g/mol. The minimum absolute atomic E-state index is 0.0170. The van der Waals surface area contributed by atoms with Crippen LogP contribution in [0.15, 0.2) is 70.9 Å². The third-order valence-electron chi connectivity index (χ3n) is 6.27. The van der Waals surface area contributed by atoms with Gasteiger partial charge in [0.2, 0.25) is 0 Å². The van der Waals surface area contributed by atoms with Crippen LogP contribution in [-0.2, 0) is 21.5 Å². The number of carbonyl (C=O) groups is 3. The highest BCUT2D eigenvalue weighted by Gasteiger charge is 2.47. The van der Waals surface area contributed by atoms with Gasteiger partial charge >= 0.3 is 5.97 Å². The number of nitrogens with zero attached hydrogens (tertiary/aromatic N) is 1. The molecule has 2 heterocycles. The maximum Gasteiger partial charge on any atom is 0.335 e. The molecule has 1 aliphatic heterocycles. The Hall–Kier alpha value is -4.33. The molecule has 1 aliphatic rings. The SMILES string of the molecule is CCOc1ccc(/C(O)=C2/C(=O)C(=O)N(Cc3ccc(C(=O)O)cc3)C2c2ccco2)cc1C(C)(C)C. The van der Waals surface area contributed by atoms with Crippen molar-refractivity contribution in [1.29, 1.82) is 0 Å². The highest BCUT2D eigenvalue weighted by Crippen LogP contribution is 2.41. The molecule has 4 rings (SSSR count). The largest absolute Gasteiger partial charge is 0.507 e. The van der Waals surface area contributed by atoms with Gasteiger partial charge in [-0.25, -0.2) is 4.79 Å². The van der Waals surface area contributed by atoms with E-state index in [0.717, 1.165) is 5.56 Å². The Labute approximate surface area is 214 Å². The first kappa shape index (κ1) is 25.8. The Kier molecular flexibility index (Phi) is 6.94. The molecule has 1 unspecified atom stereocenters. The number of benzene rings is 2. The number of carbonyl (C=O) groups excluding carboxylic acids is 2. The van der Waals surface area contributed by atoms with Gasteiger partial charge < -0.3 is 24.3 Å². The molecule has 1 saturated heterocycles. The average Bonchev–Trinajstić information content (AvgIpc) is 3.46. The summed E-state index contributed by atoms with van der Waals surface area (Å²) in [5, 5.41) is 20.6. The quantitative estimate of drug-likeness (QED) is 0.255. The number of amides is 1. The smallest absolute Gasteiger partial charge is 0.335 e. The molecule has 2 N–H and O–H groups in total. The molecule has 0 bridgehead atoms. The van der Waals surface area contributed by atoms with Crippen molar-refractivity contribution in [3.63, 3.8) is 0 Å². The van der Waals surface area contributed by atoms with E-state index in [9.17, 15) is 19.5 Å². The number of hydrogen-bond acceptors (Lipinski definition) is 6. The normalized spacial score (nSPS) is 17.3. The van der Waals surface area contributed by atoms with E-state index in [1.807, 2.05) is 27.7 Å². The topological polar surface area (TPSA) is 117 Å². The van der Waals surface area contributed by atoms with Crippen LogP contribution in [-0.4, -0.2) is 39.4 Å². The second kappa shape index (κ2) is 9.97. The molecule has 2 aromatic carbocycles. The number of hydrogen-bond donors (Lipinski definition) is 2. The van der Waals surface area contributed by atoms with Crippen molar-refractivity contribution in [2.45, 2.75) is 45.7 Å². The first-order valence-corrected chi connectivity index (χ1v) is 11.9. The lowest BCUT2D eigenvalue weighted by Gasteiger charge is -2.25. The van der Waals surface area contributed by atoms with Crippen molar-refractivity contribution in [3.8, 4) is 5.75 Å². The van der Waals surface area contributed by atoms with Crippen LogP contribution in [0.2, 0.25) is 0 Å². The van der Waals surface area contributed by atoms with E-state index in [1.54, 1.807) is 42.5 Å². The van der Waals surface area contributed by atoms with Crippen molar-refractivity contribution >= 4 is 23.4 Å². The summed E-state index contributed by atoms with van der Waals surface area (Å²) in [5.41, 5.74) is 1.58. The predicted octanol–water partition coefficient (Wildman–Crippen LogP) is 5.30. The number of Topliss-reactive ketones (excluding diaryl/α,β-unsaturated/α-hetero) is 1. The summed E-state index contributed by atoms with van der Waals surface area (Å²) in [7, 11) is 0. The molecule has 0 aliphatic carbocycles. The van der Waals surface area contributed by atoms with Gasteiger partial charge in [0.1, 0.15) is 23.3 Å². The number of ether oxygens (including phenoxy) is 1. The van der Waals surface area contributed by atoms with E-state index in [4.69, 9.17) is 14.3 Å². The summed E-state index contributed by atoms with van der Waals surface area (Å²) in [5.74, 6) is -1.98. The molecule has 8 heteroatoms. The molecular formula is C29H29NO7. The number of carboxylic acids is 1. The number of aliphatic hydroxyl groups is 1. The molecule has 0 saturated carbocycles. The highest BCUT2D eigenvalue weighted by atomic mass is 16.5. The molecule has 37 heavy (non-hydrogen) atoms. The minimum Gasteiger partial charge on any atom is -0.507 e. The fourth-order valence-electron chi connectivity index (χ4n) is 4.44. The molecular weight excluding hydrogens is 474 g/mol. The van der Waals surface area contributed by atoms with Gasteiger partial charge in [0.15, 0.2) is 0 Å². The maximum atomic E-state index is 13.3. The van der Waals surface area contributed by atoms with Gasteiger partial charge in [0.05, 0.1) is 24.0 Å². The predicted molar refractivity (Wildman–Crippen MR) is 136 cm³/mol. The van der Waals surface area contributed by atoms with Crippen LogP contribution in [0.1, 0.15) is 66.5 Å². The number of aromatic carboxylic acids is 1. The zero-order chi connectivity index (χ0) is 26.9. The lowest BCUT2D eigenvalue weighted by Crippen LogP contribution is -2.29. The molecule has 0 radical (unpaired) electrons. The number of furan rings is 1. The van der Waals surface area contributed by atoms with Crippen LogP contribution >= 0.6 is 0 Å². The van der Waals surface area contributed by atoms with Crippen LogP contribution < -0.4 is 4.74 Å². The second-order valence-corrected chi connectivity index (χ2v) is 9.84. The Bertz CT molecular complexity index is 1360. The number of ketones is 1. The molecule has 0 spiro atoms. The number of carboxylic acid groups (broad SMARTS) is 1. The first-order chi connectivity index (χ1) is 17.5. The van der Waals surface area contributed by atoms with E-state index in [1.165, 1.54) is 23.3 Å². The Morgan fingerprint density at radius 1 is 1.03 bits per heavy atom. The summed E-state index contributed by atoms with van der Waals surface area (Å²) in [6, 6.07) is 13.6. The molecule has 3 aromatic rings. The van der Waals surface area contributed by atoms with Gasteiger partial charge in [-0.05, 0) is 60.4 Å². The van der Waals surface area contributed by atoms with Crippen molar-refractivity contribution in [2.24, 2.45) is 0 Å². The minimum atomic E-state index is -1.06. The Balaban J connectivity index is 1.81. The second-order valence-electron chi connectivity index (χ2n) is 9.84. The molecule has 8 nitrogen and oxygen atoms in total. The van der Waals surface area contributed by atoms with Gasteiger partial charge in [-0.2, -0.15) is 0 Å². The van der Waals surface area contributed by atoms with Crippen LogP contribution in [0.3, 0.4) is 0 Å². The van der Waals surface area contributed by atoms with Gasteiger partial charge in [-0.3, -0.25) is 9.59 Å². The summed E-state index contributed by atoms with van der Waals surface area (Å²) in [6.07, 6.45) is 1.44. The van der Waals surface area contributed by atoms with Crippen LogP contribution in [0.5, 0.6) is 5.75 Å². The molecule has 1 amide bonds. The van der Waals surface area contributed by atoms with E-state index < -0.39 is 23.7 Å². The van der Waals surface area contributed by atoms with E-state index >= 15 is 0 Å². The zero-order valence-corrected chi connectivity index (χ0v) is 21.1. The fourth-order valence-corrected chi connectivity index (χ4v) is 4.44. The highest BCUT2D eigenvalue weighted by molar-refractivity contribution is 6.46. The number of aliphatic hydroxyl groups excluding tert-OH is 1. The summed E-state index contributed by atoms with van der Waals surface area (Å²) in [6.45, 7) is 8.44. The number of rotatable bonds is 7. The van der Waals surface area contributed by atoms with Crippen molar-refractivity contribution in [3.05, 3.63) is 94.4 Å². The van der Waals surface area contributed by atoms with Crippen LogP contribution in [0.4, 0.5) is 0 Å². The zero-order valence-electron chi connectivity index (χ0n) is 21.1. The van der Waals surface area contributed by atoms with E-state index in [-0.39, 0.29) is 28.9 Å². The summed E-state index contributed by atoms with van der Waals surface area (Å²) < 4.78 is 11.4. The molecule has 192 valence electrons. The molecule has 1 atom stereocenters. The summed E-state index contributed by atoms with van der Waals surface area (Å²) in [4.78, 5) is 39.0. The van der Waals surface area contributed by atoms with Gasteiger partial charge in [-0.1, -0.05) is 32.9 Å².